The van der Waals surface area contributed by atoms with Gasteiger partial charge in [-0.2, -0.15) is 0 Å². The van der Waals surface area contributed by atoms with Crippen molar-refractivity contribution in [1.29, 1.82) is 0 Å². The van der Waals surface area contributed by atoms with E-state index >= 15 is 0 Å². The molecule has 0 aromatic heterocycles. The summed E-state index contributed by atoms with van der Waals surface area (Å²) in [5.74, 6) is -0.324. The Hall–Kier alpha value is -0.570. The van der Waals surface area contributed by atoms with E-state index in [9.17, 15) is 4.79 Å². The molecule has 0 aromatic rings. The second-order valence-electron chi connectivity index (χ2n) is 4.61. The van der Waals surface area contributed by atoms with Gasteiger partial charge < -0.3 is 10.5 Å². The normalized spacial score (nSPS) is 12.6. The SMILES string of the molecule is CCCCCCCCCCC(OCC)C(N)=O. The van der Waals surface area contributed by atoms with E-state index < -0.39 is 0 Å². The largest absolute Gasteiger partial charge is 0.369 e. The predicted molar refractivity (Wildman–Crippen MR) is 71.8 cm³/mol. The van der Waals surface area contributed by atoms with Crippen LogP contribution in [0.25, 0.3) is 0 Å². The standard InChI is InChI=1S/C14H29NO2/c1-3-5-6-7-8-9-10-11-12-13(14(15)16)17-4-2/h13H,3-12H2,1-2H3,(H2,15,16). The lowest BCUT2D eigenvalue weighted by Crippen LogP contribution is -2.31. The molecular formula is C14H29NO2. The third kappa shape index (κ3) is 10.3. The molecule has 0 aromatic carbocycles. The van der Waals surface area contributed by atoms with Gasteiger partial charge >= 0.3 is 0 Å². The van der Waals surface area contributed by atoms with Crippen LogP contribution < -0.4 is 5.73 Å². The summed E-state index contributed by atoms with van der Waals surface area (Å²) in [6.07, 6.45) is 10.6. The highest BCUT2D eigenvalue weighted by Crippen LogP contribution is 2.11. The topological polar surface area (TPSA) is 52.3 Å². The molecule has 0 spiro atoms. The first-order valence-electron chi connectivity index (χ1n) is 7.13. The number of ether oxygens (including phenoxy) is 1. The number of primary amides is 1. The molecule has 0 saturated carbocycles. The number of amides is 1. The van der Waals surface area contributed by atoms with E-state index in [-0.39, 0.29) is 12.0 Å². The molecule has 0 radical (unpaired) electrons. The predicted octanol–water partition coefficient (Wildman–Crippen LogP) is 3.41. The van der Waals surface area contributed by atoms with E-state index in [1.165, 1.54) is 44.9 Å². The zero-order chi connectivity index (χ0) is 12.9. The van der Waals surface area contributed by atoms with Crippen molar-refractivity contribution in [2.75, 3.05) is 6.61 Å². The molecule has 17 heavy (non-hydrogen) atoms. The fourth-order valence-corrected chi connectivity index (χ4v) is 1.97. The number of nitrogens with two attached hydrogens (primary N) is 1. The van der Waals surface area contributed by atoms with Crippen LogP contribution in [0.5, 0.6) is 0 Å². The molecule has 2 N–H and O–H groups in total. The van der Waals surface area contributed by atoms with Crippen molar-refractivity contribution in [1.82, 2.24) is 0 Å². The minimum atomic E-state index is -0.375. The summed E-state index contributed by atoms with van der Waals surface area (Å²) in [5.41, 5.74) is 5.25. The van der Waals surface area contributed by atoms with Gasteiger partial charge in [-0.05, 0) is 13.3 Å². The fourth-order valence-electron chi connectivity index (χ4n) is 1.97. The van der Waals surface area contributed by atoms with E-state index in [1.54, 1.807) is 0 Å². The Morgan fingerprint density at radius 2 is 1.53 bits per heavy atom. The second-order valence-corrected chi connectivity index (χ2v) is 4.61. The number of unbranched alkanes of at least 4 members (excludes halogenated alkanes) is 7. The lowest BCUT2D eigenvalue weighted by molar-refractivity contribution is -0.129. The maximum absolute atomic E-state index is 11.0. The van der Waals surface area contributed by atoms with Crippen LogP contribution >= 0.6 is 0 Å². The van der Waals surface area contributed by atoms with E-state index in [0.29, 0.717) is 6.61 Å². The fraction of sp³-hybridized carbons (Fsp3) is 0.929. The summed E-state index contributed by atoms with van der Waals surface area (Å²) < 4.78 is 5.29. The third-order valence-corrected chi connectivity index (χ3v) is 3.01. The number of hydrogen-bond acceptors (Lipinski definition) is 2. The molecule has 1 amide bonds. The van der Waals surface area contributed by atoms with Crippen molar-refractivity contribution in [3.8, 4) is 0 Å². The summed E-state index contributed by atoms with van der Waals surface area (Å²) in [6.45, 7) is 4.69. The minimum Gasteiger partial charge on any atom is -0.369 e. The van der Waals surface area contributed by atoms with E-state index in [2.05, 4.69) is 6.92 Å². The summed E-state index contributed by atoms with van der Waals surface area (Å²) >= 11 is 0. The van der Waals surface area contributed by atoms with Crippen LogP contribution in [0.3, 0.4) is 0 Å². The van der Waals surface area contributed by atoms with Crippen LogP contribution in [0, 0.1) is 0 Å². The average molecular weight is 243 g/mol. The third-order valence-electron chi connectivity index (χ3n) is 3.01. The first-order valence-corrected chi connectivity index (χ1v) is 7.13. The average Bonchev–Trinajstić information content (AvgIpc) is 2.31. The molecule has 0 bridgehead atoms. The van der Waals surface area contributed by atoms with E-state index in [4.69, 9.17) is 10.5 Å². The first-order chi connectivity index (χ1) is 8.22. The molecule has 0 aliphatic carbocycles. The van der Waals surface area contributed by atoms with Gasteiger partial charge in [-0.25, -0.2) is 0 Å². The quantitative estimate of drug-likeness (QED) is 0.534. The summed E-state index contributed by atoms with van der Waals surface area (Å²) in [7, 11) is 0. The Bertz CT molecular complexity index is 183. The molecular weight excluding hydrogens is 214 g/mol. The van der Waals surface area contributed by atoms with Crippen LogP contribution in [-0.4, -0.2) is 18.6 Å². The van der Waals surface area contributed by atoms with Gasteiger partial charge in [0.2, 0.25) is 5.91 Å². The summed E-state index contributed by atoms with van der Waals surface area (Å²) in [4.78, 5) is 11.0. The van der Waals surface area contributed by atoms with Gasteiger partial charge in [0.1, 0.15) is 6.10 Å². The Kier molecular flexibility index (Phi) is 11.5. The molecule has 0 aliphatic rings. The van der Waals surface area contributed by atoms with Crippen LogP contribution in [0.2, 0.25) is 0 Å². The monoisotopic (exact) mass is 243 g/mol. The Balaban J connectivity index is 3.33. The zero-order valence-electron chi connectivity index (χ0n) is 11.5. The van der Waals surface area contributed by atoms with Crippen LogP contribution in [-0.2, 0) is 9.53 Å². The first kappa shape index (κ1) is 16.4. The highest BCUT2D eigenvalue weighted by Gasteiger charge is 2.13. The molecule has 0 heterocycles. The van der Waals surface area contributed by atoms with Crippen molar-refractivity contribution in [3.63, 3.8) is 0 Å². The molecule has 3 nitrogen and oxygen atoms in total. The minimum absolute atomic E-state index is 0.324. The number of rotatable bonds is 12. The lowest BCUT2D eigenvalue weighted by atomic mass is 10.1. The van der Waals surface area contributed by atoms with Gasteiger partial charge in [0.15, 0.2) is 0 Å². The molecule has 0 saturated heterocycles. The lowest BCUT2D eigenvalue weighted by Gasteiger charge is -2.12. The van der Waals surface area contributed by atoms with Crippen molar-refractivity contribution in [2.24, 2.45) is 5.73 Å². The number of hydrogen-bond donors (Lipinski definition) is 1. The Morgan fingerprint density at radius 3 is 2.00 bits per heavy atom. The van der Waals surface area contributed by atoms with Crippen LogP contribution in [0.15, 0.2) is 0 Å². The summed E-state index contributed by atoms with van der Waals surface area (Å²) in [5, 5.41) is 0. The second kappa shape index (κ2) is 11.9. The highest BCUT2D eigenvalue weighted by atomic mass is 16.5. The maximum Gasteiger partial charge on any atom is 0.246 e. The molecule has 1 unspecified atom stereocenters. The van der Waals surface area contributed by atoms with Crippen molar-refractivity contribution in [2.45, 2.75) is 77.7 Å². The van der Waals surface area contributed by atoms with Crippen molar-refractivity contribution >= 4 is 5.91 Å². The van der Waals surface area contributed by atoms with Gasteiger partial charge in [0.25, 0.3) is 0 Å². The molecule has 0 aliphatic heterocycles. The Labute approximate surface area is 106 Å². The van der Waals surface area contributed by atoms with Gasteiger partial charge in [-0.1, -0.05) is 58.3 Å². The van der Waals surface area contributed by atoms with Gasteiger partial charge in [-0.3, -0.25) is 4.79 Å². The van der Waals surface area contributed by atoms with Crippen LogP contribution in [0.1, 0.15) is 71.6 Å². The van der Waals surface area contributed by atoms with Gasteiger partial charge in [0, 0.05) is 6.61 Å². The smallest absolute Gasteiger partial charge is 0.246 e. The van der Waals surface area contributed by atoms with E-state index in [0.717, 1.165) is 12.8 Å². The highest BCUT2D eigenvalue weighted by molar-refractivity contribution is 5.78. The van der Waals surface area contributed by atoms with Crippen LogP contribution in [0.4, 0.5) is 0 Å². The van der Waals surface area contributed by atoms with Gasteiger partial charge in [-0.15, -0.1) is 0 Å². The number of carbonyl (C=O) groups excluding carboxylic acids is 1. The molecule has 1 atom stereocenters. The van der Waals surface area contributed by atoms with Crippen molar-refractivity contribution < 1.29 is 9.53 Å². The van der Waals surface area contributed by atoms with Crippen molar-refractivity contribution in [3.05, 3.63) is 0 Å². The maximum atomic E-state index is 11.0. The zero-order valence-corrected chi connectivity index (χ0v) is 11.5. The molecule has 102 valence electrons. The molecule has 0 fully saturated rings. The Morgan fingerprint density at radius 1 is 1.00 bits per heavy atom. The van der Waals surface area contributed by atoms with E-state index in [1.807, 2.05) is 6.92 Å². The number of carbonyl (C=O) groups is 1. The van der Waals surface area contributed by atoms with Gasteiger partial charge in [0.05, 0.1) is 0 Å². The summed E-state index contributed by atoms with van der Waals surface area (Å²) in [6, 6.07) is 0. The molecule has 0 rings (SSSR count). The molecule has 3 heteroatoms.